The van der Waals surface area contributed by atoms with E-state index in [4.69, 9.17) is 0 Å². The van der Waals surface area contributed by atoms with Gasteiger partial charge in [0.25, 0.3) is 10.0 Å². The molecule has 186 valence electrons. The smallest absolute Gasteiger partial charge is 0.263 e. The van der Waals surface area contributed by atoms with Gasteiger partial charge in [-0.2, -0.15) is 0 Å². The van der Waals surface area contributed by atoms with Crippen molar-refractivity contribution in [2.75, 3.05) is 38.0 Å². The summed E-state index contributed by atoms with van der Waals surface area (Å²) in [5.41, 5.74) is 1.24. The summed E-state index contributed by atoms with van der Waals surface area (Å²) in [4.78, 5) is 34.4. The largest absolute Gasteiger partial charge is 0.338 e. The van der Waals surface area contributed by atoms with Gasteiger partial charge in [-0.05, 0) is 30.2 Å². The number of piperazine rings is 1. The summed E-state index contributed by atoms with van der Waals surface area (Å²) >= 11 is 0. The molecular weight excluding hydrogens is 466 g/mol. The van der Waals surface area contributed by atoms with E-state index in [2.05, 4.69) is 15.0 Å². The second-order valence-corrected chi connectivity index (χ2v) is 10.6. The lowest BCUT2D eigenvalue weighted by Gasteiger charge is -2.36. The van der Waals surface area contributed by atoms with E-state index in [1.165, 1.54) is 6.07 Å². The summed E-state index contributed by atoms with van der Waals surface area (Å²) in [5.74, 6) is -0.0618. The molecule has 35 heavy (non-hydrogen) atoms. The number of fused-ring (bicyclic) bond motifs is 1. The van der Waals surface area contributed by atoms with Crippen molar-refractivity contribution in [1.29, 1.82) is 0 Å². The number of rotatable bonds is 7. The van der Waals surface area contributed by atoms with Crippen LogP contribution in [0.1, 0.15) is 25.8 Å². The molecule has 0 aliphatic carbocycles. The Hall–Kier alpha value is -3.24. The molecule has 0 aromatic heterocycles. The maximum Gasteiger partial charge on any atom is 0.263 e. The molecular formula is C25H31N5O4S. The number of amides is 2. The first kappa shape index (κ1) is 24.9. The monoisotopic (exact) mass is 497 g/mol. The number of carbonyl (C=O) groups is 2. The number of carbonyl (C=O) groups excluding carboxylic acids is 2. The number of nitrogens with one attached hydrogen (secondary N) is 2. The van der Waals surface area contributed by atoms with Crippen molar-refractivity contribution in [2.24, 2.45) is 10.9 Å². The van der Waals surface area contributed by atoms with Crippen LogP contribution in [0.5, 0.6) is 0 Å². The van der Waals surface area contributed by atoms with E-state index in [9.17, 15) is 18.0 Å². The first-order chi connectivity index (χ1) is 16.8. The molecule has 0 spiro atoms. The fourth-order valence-corrected chi connectivity index (χ4v) is 5.50. The minimum atomic E-state index is -3.68. The minimum absolute atomic E-state index is 0.0676. The van der Waals surface area contributed by atoms with Crippen LogP contribution in [0.3, 0.4) is 0 Å². The van der Waals surface area contributed by atoms with Crippen molar-refractivity contribution in [3.63, 3.8) is 0 Å². The molecule has 1 saturated heterocycles. The van der Waals surface area contributed by atoms with Crippen LogP contribution in [0, 0.1) is 5.92 Å². The zero-order valence-electron chi connectivity index (χ0n) is 20.0. The van der Waals surface area contributed by atoms with E-state index in [0.717, 1.165) is 12.1 Å². The molecule has 0 unspecified atom stereocenters. The molecule has 2 N–H and O–H groups in total. The normalized spacial score (nSPS) is 20.1. The van der Waals surface area contributed by atoms with E-state index in [1.54, 1.807) is 23.1 Å². The van der Waals surface area contributed by atoms with E-state index in [-0.39, 0.29) is 35.0 Å². The van der Waals surface area contributed by atoms with Crippen LogP contribution < -0.4 is 10.0 Å². The fraction of sp³-hybridized carbons (Fsp3) is 0.400. The van der Waals surface area contributed by atoms with Gasteiger partial charge in [-0.15, -0.1) is 0 Å². The van der Waals surface area contributed by atoms with Crippen LogP contribution >= 0.6 is 0 Å². The van der Waals surface area contributed by atoms with E-state index in [1.807, 2.05) is 49.1 Å². The lowest BCUT2D eigenvalue weighted by molar-refractivity contribution is -0.135. The van der Waals surface area contributed by atoms with Gasteiger partial charge in [0, 0.05) is 37.4 Å². The summed E-state index contributed by atoms with van der Waals surface area (Å²) in [7, 11) is -3.68. The molecule has 0 radical (unpaired) electrons. The number of amidine groups is 1. The van der Waals surface area contributed by atoms with Crippen molar-refractivity contribution >= 4 is 33.4 Å². The van der Waals surface area contributed by atoms with E-state index in [0.29, 0.717) is 31.7 Å². The Kier molecular flexibility index (Phi) is 7.51. The first-order valence-electron chi connectivity index (χ1n) is 11.8. The molecule has 2 aliphatic rings. The minimum Gasteiger partial charge on any atom is -0.338 e. The predicted octanol–water partition coefficient (Wildman–Crippen LogP) is 1.92. The van der Waals surface area contributed by atoms with Gasteiger partial charge < -0.3 is 10.2 Å². The Bertz CT molecular complexity index is 1210. The summed E-state index contributed by atoms with van der Waals surface area (Å²) in [6.07, 6.45) is 0.723. The topological polar surface area (TPSA) is 111 Å². The number of benzene rings is 2. The van der Waals surface area contributed by atoms with Gasteiger partial charge in [0.2, 0.25) is 11.8 Å². The zero-order chi connectivity index (χ0) is 25.0. The van der Waals surface area contributed by atoms with Gasteiger partial charge in [0.15, 0.2) is 0 Å². The molecule has 2 heterocycles. The van der Waals surface area contributed by atoms with Gasteiger partial charge in [0.05, 0.1) is 11.4 Å². The summed E-state index contributed by atoms with van der Waals surface area (Å²) in [6, 6.07) is 15.3. The van der Waals surface area contributed by atoms with Crippen LogP contribution in [-0.4, -0.2) is 74.6 Å². The summed E-state index contributed by atoms with van der Waals surface area (Å²) in [5, 5.41) is 2.88. The highest BCUT2D eigenvalue weighted by Gasteiger charge is 2.35. The second kappa shape index (κ2) is 10.6. The number of aliphatic imine (C=N–C) groups is 1. The van der Waals surface area contributed by atoms with Crippen LogP contribution in [0.4, 0.5) is 5.69 Å². The van der Waals surface area contributed by atoms with Gasteiger partial charge >= 0.3 is 0 Å². The molecule has 2 aromatic rings. The lowest BCUT2D eigenvalue weighted by atomic mass is 9.97. The molecule has 9 nitrogen and oxygen atoms in total. The molecule has 2 atom stereocenters. The van der Waals surface area contributed by atoms with Crippen molar-refractivity contribution in [1.82, 2.24) is 14.5 Å². The standard InChI is InChI=1S/C25H31N5O4S/c1-3-18(2)23(27-24-20-11-7-8-12-21(20)35(33,34)28-24)25(32)30-15-13-29(14-16-30)17-22(31)26-19-9-5-4-6-10-19/h4-12,18,23H,3,13-17H2,1-2H3,(H,26,31)(H,27,28)/t18-,23-/m0/s1. The number of nitrogens with zero attached hydrogens (tertiary/aromatic N) is 3. The predicted molar refractivity (Wildman–Crippen MR) is 135 cm³/mol. The summed E-state index contributed by atoms with van der Waals surface area (Å²) < 4.78 is 27.5. The summed E-state index contributed by atoms with van der Waals surface area (Å²) in [6.45, 7) is 6.31. The molecule has 10 heteroatoms. The maximum atomic E-state index is 13.5. The Labute approximate surface area is 206 Å². The average Bonchev–Trinajstić information content (AvgIpc) is 3.12. The van der Waals surface area contributed by atoms with Crippen molar-refractivity contribution in [3.05, 3.63) is 60.2 Å². The molecule has 0 bridgehead atoms. The lowest BCUT2D eigenvalue weighted by Crippen LogP contribution is -2.53. The Balaban J connectivity index is 1.41. The molecule has 2 aliphatic heterocycles. The highest BCUT2D eigenvalue weighted by molar-refractivity contribution is 7.90. The van der Waals surface area contributed by atoms with E-state index >= 15 is 0 Å². The number of sulfonamides is 1. The first-order valence-corrected chi connectivity index (χ1v) is 13.3. The Morgan fingerprint density at radius 1 is 1.03 bits per heavy atom. The van der Waals surface area contributed by atoms with Crippen molar-refractivity contribution in [2.45, 2.75) is 31.2 Å². The molecule has 1 fully saturated rings. The van der Waals surface area contributed by atoms with Gasteiger partial charge in [0.1, 0.15) is 11.9 Å². The Morgan fingerprint density at radius 2 is 1.69 bits per heavy atom. The van der Waals surface area contributed by atoms with Crippen LogP contribution in [0.15, 0.2) is 64.5 Å². The fourth-order valence-electron chi connectivity index (χ4n) is 4.26. The highest BCUT2D eigenvalue weighted by atomic mass is 32.2. The van der Waals surface area contributed by atoms with E-state index < -0.39 is 16.1 Å². The third-order valence-electron chi connectivity index (χ3n) is 6.48. The Morgan fingerprint density at radius 3 is 2.37 bits per heavy atom. The maximum absolute atomic E-state index is 13.5. The average molecular weight is 498 g/mol. The molecule has 4 rings (SSSR count). The van der Waals surface area contributed by atoms with Gasteiger partial charge in [-0.25, -0.2) is 8.42 Å². The number of hydrogen-bond acceptors (Lipinski definition) is 6. The second-order valence-electron chi connectivity index (χ2n) is 8.93. The number of anilines is 1. The van der Waals surface area contributed by atoms with Crippen molar-refractivity contribution < 1.29 is 18.0 Å². The SMILES string of the molecule is CC[C@H](C)[C@H](N=C1NS(=O)(=O)c2ccccc21)C(=O)N1CCN(CC(=O)Nc2ccccc2)CC1. The molecule has 0 saturated carbocycles. The highest BCUT2D eigenvalue weighted by Crippen LogP contribution is 2.24. The van der Waals surface area contributed by atoms with Crippen LogP contribution in [0.25, 0.3) is 0 Å². The molecule has 2 amide bonds. The van der Waals surface area contributed by atoms with Gasteiger partial charge in [-0.1, -0.05) is 50.6 Å². The van der Waals surface area contributed by atoms with Crippen molar-refractivity contribution in [3.8, 4) is 0 Å². The molecule has 2 aromatic carbocycles. The number of para-hydroxylation sites is 1. The third-order valence-corrected chi connectivity index (χ3v) is 7.87. The van der Waals surface area contributed by atoms with Crippen LogP contribution in [-0.2, 0) is 19.6 Å². The quantitative estimate of drug-likeness (QED) is 0.607. The number of hydrogen-bond donors (Lipinski definition) is 2. The zero-order valence-corrected chi connectivity index (χ0v) is 20.8. The third kappa shape index (κ3) is 5.71. The van der Waals surface area contributed by atoms with Gasteiger partial charge in [-0.3, -0.25) is 24.2 Å². The van der Waals surface area contributed by atoms with Crippen LogP contribution in [0.2, 0.25) is 0 Å².